The lowest BCUT2D eigenvalue weighted by molar-refractivity contribution is -0.138. The van der Waals surface area contributed by atoms with Crippen LogP contribution < -0.4 is 32.8 Å². The maximum atomic E-state index is 13.7. The standard InChI is InChI=1S/C28H33N9O8S3/c1-13-20(23(40)19-14(10-18(29)38)28(43-2)24-17(33-24)12-37(28)21(19)22(13)39)35-27(42)45-7-9-48-47-8-6-44-26(41)34-15-4-3-5-31-16(15)11-32-36-25(30)46/h3-5,11,14,17,24,33H,6-10,12H2,1-2H3,(H2,29,38)(H,34,41)(H,35,42)(H3,30,36,46)/b32-11+/t14-,17+,24+,28?/m1/s1. The van der Waals surface area contributed by atoms with Crippen molar-refractivity contribution in [3.05, 3.63) is 46.6 Å². The Balaban J connectivity index is 1.04. The van der Waals surface area contributed by atoms with Crippen molar-refractivity contribution in [2.75, 3.05) is 43.7 Å². The molecule has 1 unspecified atom stereocenters. The Morgan fingerprint density at radius 2 is 1.85 bits per heavy atom. The largest absolute Gasteiger partial charge is 0.448 e. The number of pyridine rings is 1. The molecule has 3 aliphatic heterocycles. The number of ether oxygens (including phenoxy) is 3. The van der Waals surface area contributed by atoms with Gasteiger partial charge in [-0.25, -0.2) is 9.59 Å². The first-order valence-electron chi connectivity index (χ1n) is 14.6. The summed E-state index contributed by atoms with van der Waals surface area (Å²) in [7, 11) is 4.25. The quantitative estimate of drug-likeness (QED) is 0.0283. The zero-order valence-electron chi connectivity index (χ0n) is 25.8. The molecule has 2 saturated heterocycles. The second-order valence-corrected chi connectivity index (χ2v) is 13.9. The summed E-state index contributed by atoms with van der Waals surface area (Å²) in [5.41, 5.74) is 13.1. The lowest BCUT2D eigenvalue weighted by Gasteiger charge is -2.39. The van der Waals surface area contributed by atoms with E-state index in [1.165, 1.54) is 48.0 Å². The number of primary amides is 1. The molecule has 0 spiro atoms. The smallest absolute Gasteiger partial charge is 0.411 e. The number of methoxy groups -OCH3 is 1. The van der Waals surface area contributed by atoms with Crippen LogP contribution >= 0.6 is 33.8 Å². The van der Waals surface area contributed by atoms with Gasteiger partial charge < -0.3 is 35.9 Å². The van der Waals surface area contributed by atoms with Gasteiger partial charge in [0.2, 0.25) is 17.5 Å². The van der Waals surface area contributed by atoms with Crippen LogP contribution in [0.15, 0.2) is 46.0 Å². The summed E-state index contributed by atoms with van der Waals surface area (Å²) in [6, 6.07) is 3.15. The second-order valence-electron chi connectivity index (χ2n) is 10.8. The highest BCUT2D eigenvalue weighted by atomic mass is 33.1. The van der Waals surface area contributed by atoms with Crippen molar-refractivity contribution < 1.29 is 38.2 Å². The Hall–Kier alpha value is -4.24. The number of nitrogens with one attached hydrogen (secondary N) is 4. The topological polar surface area (TPSA) is 252 Å². The molecule has 4 aliphatic rings. The van der Waals surface area contributed by atoms with Crippen LogP contribution in [0.3, 0.4) is 0 Å². The van der Waals surface area contributed by atoms with E-state index in [2.05, 4.69) is 43.7 Å². The summed E-state index contributed by atoms with van der Waals surface area (Å²) >= 11 is 4.68. The van der Waals surface area contributed by atoms with E-state index in [4.69, 9.17) is 25.7 Å². The van der Waals surface area contributed by atoms with E-state index in [1.807, 2.05) is 0 Å². The molecule has 1 aromatic heterocycles. The van der Waals surface area contributed by atoms with Gasteiger partial charge in [0.15, 0.2) is 10.8 Å². The second kappa shape index (κ2) is 14.9. The number of hydrazone groups is 1. The van der Waals surface area contributed by atoms with Gasteiger partial charge in [-0.2, -0.15) is 5.10 Å². The Morgan fingerprint density at radius 1 is 1.17 bits per heavy atom. The van der Waals surface area contributed by atoms with E-state index in [0.717, 1.165) is 0 Å². The first-order chi connectivity index (χ1) is 23.0. The lowest BCUT2D eigenvalue weighted by Crippen LogP contribution is -2.54. The monoisotopic (exact) mass is 719 g/mol. The first kappa shape index (κ1) is 35.1. The molecular formula is C28H33N9O8S3. The number of alkyl carbamates (subject to hydrolysis) is 1. The molecule has 3 amide bonds. The van der Waals surface area contributed by atoms with E-state index >= 15 is 0 Å². The fourth-order valence-electron chi connectivity index (χ4n) is 6.04. The highest BCUT2D eigenvalue weighted by Crippen LogP contribution is 2.56. The fraction of sp³-hybridized carbons (Fsp3) is 0.429. The average molecular weight is 720 g/mol. The molecule has 0 bridgehead atoms. The molecule has 48 heavy (non-hydrogen) atoms. The zero-order valence-corrected chi connectivity index (χ0v) is 28.2. The minimum atomic E-state index is -1.11. The highest BCUT2D eigenvalue weighted by Gasteiger charge is 2.72. The molecule has 1 aliphatic carbocycles. The number of thiocarbonyl (C=S) groups is 1. The molecule has 2 fully saturated rings. The molecule has 5 rings (SSSR count). The summed E-state index contributed by atoms with van der Waals surface area (Å²) in [5, 5.41) is 12.1. The van der Waals surface area contributed by atoms with E-state index in [9.17, 15) is 24.0 Å². The van der Waals surface area contributed by atoms with E-state index in [1.54, 1.807) is 17.0 Å². The highest BCUT2D eigenvalue weighted by molar-refractivity contribution is 8.76. The summed E-state index contributed by atoms with van der Waals surface area (Å²) in [6.45, 7) is 2.00. The minimum Gasteiger partial charge on any atom is -0.448 e. The van der Waals surface area contributed by atoms with Crippen molar-refractivity contribution in [1.82, 2.24) is 25.9 Å². The van der Waals surface area contributed by atoms with Crippen molar-refractivity contribution in [3.63, 3.8) is 0 Å². The van der Waals surface area contributed by atoms with Gasteiger partial charge in [0, 0.05) is 60.9 Å². The number of amides is 3. The van der Waals surface area contributed by atoms with Crippen LogP contribution in [0.25, 0.3) is 0 Å². The fourth-order valence-corrected chi connectivity index (χ4v) is 7.75. The third kappa shape index (κ3) is 7.11. The number of hydrogen-bond donors (Lipinski definition) is 6. The average Bonchev–Trinajstić information content (AvgIpc) is 3.66. The number of carbonyl (C=O) groups is 5. The molecular weight excluding hydrogens is 687 g/mol. The molecule has 1 aromatic rings. The Kier molecular flexibility index (Phi) is 10.9. The van der Waals surface area contributed by atoms with Gasteiger partial charge in [-0.3, -0.25) is 35.4 Å². The molecule has 4 atom stereocenters. The van der Waals surface area contributed by atoms with Gasteiger partial charge >= 0.3 is 12.2 Å². The van der Waals surface area contributed by atoms with Crippen molar-refractivity contribution >= 4 is 80.5 Å². The number of nitrogens with zero attached hydrogens (tertiary/aromatic N) is 3. The van der Waals surface area contributed by atoms with Crippen molar-refractivity contribution in [2.24, 2.45) is 22.5 Å². The van der Waals surface area contributed by atoms with E-state index in [-0.39, 0.29) is 59.4 Å². The third-order valence-electron chi connectivity index (χ3n) is 7.99. The van der Waals surface area contributed by atoms with Crippen molar-refractivity contribution in [2.45, 2.75) is 31.2 Å². The molecule has 17 nitrogen and oxygen atoms in total. The minimum absolute atomic E-state index is 0.00191. The van der Waals surface area contributed by atoms with Crippen molar-refractivity contribution in [3.8, 4) is 0 Å². The molecule has 4 heterocycles. The van der Waals surface area contributed by atoms with Crippen LogP contribution in [-0.4, -0.2) is 107 Å². The van der Waals surface area contributed by atoms with Gasteiger partial charge in [-0.15, -0.1) is 0 Å². The van der Waals surface area contributed by atoms with Gasteiger partial charge in [0.1, 0.15) is 18.9 Å². The number of anilines is 1. The molecule has 256 valence electrons. The maximum Gasteiger partial charge on any atom is 0.411 e. The lowest BCUT2D eigenvalue weighted by atomic mass is 9.80. The number of carbonyl (C=O) groups excluding carboxylic acids is 5. The molecule has 0 radical (unpaired) electrons. The first-order valence-corrected chi connectivity index (χ1v) is 17.5. The van der Waals surface area contributed by atoms with Crippen LogP contribution in [0.1, 0.15) is 19.0 Å². The summed E-state index contributed by atoms with van der Waals surface area (Å²) in [5.74, 6) is -1.61. The van der Waals surface area contributed by atoms with E-state index in [0.29, 0.717) is 29.4 Å². The molecule has 0 saturated carbocycles. The number of aromatic nitrogens is 1. The van der Waals surface area contributed by atoms with Crippen LogP contribution in [0.5, 0.6) is 0 Å². The summed E-state index contributed by atoms with van der Waals surface area (Å²) in [6.07, 6.45) is 1.07. The van der Waals surface area contributed by atoms with Crippen molar-refractivity contribution in [1.29, 1.82) is 0 Å². The van der Waals surface area contributed by atoms with Crippen LogP contribution in [0.4, 0.5) is 15.3 Å². The zero-order chi connectivity index (χ0) is 34.6. The number of nitrogens with two attached hydrogens (primary N) is 2. The van der Waals surface area contributed by atoms with Crippen LogP contribution in [-0.2, 0) is 28.6 Å². The number of Topliss-reactive ketones (excluding diaryl/α,β-unsaturated/α-hetero) is 2. The number of ketones is 2. The predicted molar refractivity (Wildman–Crippen MR) is 180 cm³/mol. The van der Waals surface area contributed by atoms with Gasteiger partial charge in [-0.1, -0.05) is 21.6 Å². The Labute approximate surface area is 287 Å². The van der Waals surface area contributed by atoms with Crippen LogP contribution in [0, 0.1) is 5.92 Å². The predicted octanol–water partition coefficient (Wildman–Crippen LogP) is 0.0886. The number of rotatable bonds is 14. The summed E-state index contributed by atoms with van der Waals surface area (Å²) in [4.78, 5) is 70.0. The van der Waals surface area contributed by atoms with Gasteiger partial charge in [-0.05, 0) is 31.3 Å². The molecule has 0 aromatic carbocycles. The normalized spacial score (nSPS) is 23.9. The third-order valence-corrected chi connectivity index (χ3v) is 10.4. The van der Waals surface area contributed by atoms with E-state index < -0.39 is 41.3 Å². The van der Waals surface area contributed by atoms with Gasteiger partial charge in [0.25, 0.3) is 0 Å². The van der Waals surface area contributed by atoms with Crippen LogP contribution in [0.2, 0.25) is 0 Å². The molecule has 20 heteroatoms. The Bertz CT molecular complexity index is 1640. The molecule has 8 N–H and O–H groups in total. The number of allylic oxidation sites excluding steroid dienone is 2. The number of piperazine rings is 1. The SMILES string of the molecule is COC12[C@H](CC(N)=O)C3=C(C(=O)C(C)=C(NC(=O)OCCSSCCOC(=O)Nc4cccnc4/C=N/NC(N)=S)C3=O)N1C[C@@H]1N[C@@H]12. The number of hydrogen-bond acceptors (Lipinski definition) is 15. The maximum absolute atomic E-state index is 13.7. The van der Waals surface area contributed by atoms with Gasteiger partial charge in [0.05, 0.1) is 29.3 Å². The Morgan fingerprint density at radius 3 is 2.50 bits per heavy atom. The summed E-state index contributed by atoms with van der Waals surface area (Å²) < 4.78 is 16.3. The number of fused-ring (bicyclic) bond motifs is 4.